The molecule has 1 aliphatic heterocycles. The molecule has 1 atom stereocenters. The highest BCUT2D eigenvalue weighted by atomic mass is 32.2. The minimum absolute atomic E-state index is 0.461. The van der Waals surface area contributed by atoms with Crippen LogP contribution < -0.4 is 0 Å². The number of rotatable bonds is 0. The highest BCUT2D eigenvalue weighted by Crippen LogP contribution is 2.45. The van der Waals surface area contributed by atoms with Gasteiger partial charge in [-0.25, -0.2) is 0 Å². The van der Waals surface area contributed by atoms with E-state index in [9.17, 15) is 0 Å². The Morgan fingerprint density at radius 3 is 3.07 bits per heavy atom. The fraction of sp³-hybridized carbons (Fsp3) is 0.0769. The van der Waals surface area contributed by atoms with Crippen LogP contribution in [0.25, 0.3) is 5.57 Å². The van der Waals surface area contributed by atoms with Crippen molar-refractivity contribution in [3.63, 3.8) is 0 Å². The summed E-state index contributed by atoms with van der Waals surface area (Å²) in [4.78, 5) is 1.37. The number of benzene rings is 1. The second-order valence-corrected chi connectivity index (χ2v) is 4.52. The van der Waals surface area contributed by atoms with Gasteiger partial charge in [0, 0.05) is 4.90 Å². The molecule has 1 unspecified atom stereocenters. The van der Waals surface area contributed by atoms with Gasteiger partial charge in [-0.3, -0.25) is 0 Å². The first-order chi connectivity index (χ1) is 6.95. The van der Waals surface area contributed by atoms with Crippen molar-refractivity contribution in [1.29, 1.82) is 0 Å². The summed E-state index contributed by atoms with van der Waals surface area (Å²) in [5.41, 5.74) is 2.66. The third-order valence-corrected chi connectivity index (χ3v) is 3.70. The van der Waals surface area contributed by atoms with Crippen molar-refractivity contribution in [1.82, 2.24) is 0 Å². The molecule has 0 aromatic heterocycles. The molecule has 67 valence electrons. The number of thioether (sulfide) groups is 1. The van der Waals surface area contributed by atoms with E-state index < -0.39 is 0 Å². The Bertz CT molecular complexity index is 452. The Morgan fingerprint density at radius 2 is 2.07 bits per heavy atom. The maximum atomic E-state index is 3.35. The number of allylic oxidation sites excluding steroid dienone is 4. The summed E-state index contributed by atoms with van der Waals surface area (Å²) in [6.45, 7) is 0. The number of hydrogen-bond donors (Lipinski definition) is 0. The fourth-order valence-electron chi connectivity index (χ4n) is 1.79. The van der Waals surface area contributed by atoms with E-state index in [4.69, 9.17) is 0 Å². The van der Waals surface area contributed by atoms with Crippen LogP contribution in [0.1, 0.15) is 5.56 Å². The highest BCUT2D eigenvalue weighted by Gasteiger charge is 2.25. The van der Waals surface area contributed by atoms with E-state index in [1.54, 1.807) is 0 Å². The van der Waals surface area contributed by atoms with Crippen LogP contribution in [-0.4, -0.2) is 5.25 Å². The van der Waals surface area contributed by atoms with Crippen molar-refractivity contribution in [2.45, 2.75) is 10.1 Å². The lowest BCUT2D eigenvalue weighted by molar-refractivity contribution is 1.40. The molecule has 0 nitrogen and oxygen atoms in total. The molecule has 1 aromatic carbocycles. The molecule has 0 saturated carbocycles. The van der Waals surface area contributed by atoms with E-state index in [2.05, 4.69) is 42.5 Å². The van der Waals surface area contributed by atoms with Crippen LogP contribution in [0.15, 0.2) is 53.5 Å². The summed E-state index contributed by atoms with van der Waals surface area (Å²) in [6.07, 6.45) is 11.7. The van der Waals surface area contributed by atoms with Crippen molar-refractivity contribution in [2.75, 3.05) is 0 Å². The van der Waals surface area contributed by atoms with Gasteiger partial charge < -0.3 is 0 Å². The van der Waals surface area contributed by atoms with Crippen molar-refractivity contribution < 1.29 is 0 Å². The van der Waals surface area contributed by atoms with E-state index in [-0.39, 0.29) is 0 Å². The van der Waals surface area contributed by atoms with Gasteiger partial charge in [0.1, 0.15) is 0 Å². The van der Waals surface area contributed by atoms with Crippen LogP contribution in [0.4, 0.5) is 0 Å². The lowest BCUT2D eigenvalue weighted by Gasteiger charge is -2.02. The van der Waals surface area contributed by atoms with Gasteiger partial charge in [-0.05, 0) is 23.3 Å². The first kappa shape index (κ1) is 8.13. The van der Waals surface area contributed by atoms with Crippen LogP contribution in [0.3, 0.4) is 0 Å². The van der Waals surface area contributed by atoms with E-state index in [0.717, 1.165) is 0 Å². The molecule has 14 heavy (non-hydrogen) atoms. The summed E-state index contributed by atoms with van der Waals surface area (Å²) in [5, 5.41) is 0.461. The second kappa shape index (κ2) is 3.18. The summed E-state index contributed by atoms with van der Waals surface area (Å²) in [6, 6.07) is 8.55. The molecule has 1 heterocycles. The Balaban J connectivity index is 2.18. The minimum atomic E-state index is 0.461. The molecular weight excluding hydrogens is 188 g/mol. The van der Waals surface area contributed by atoms with Gasteiger partial charge in [0.2, 0.25) is 0 Å². The predicted octanol–water partition coefficient (Wildman–Crippen LogP) is 3.47. The van der Waals surface area contributed by atoms with E-state index >= 15 is 0 Å². The van der Waals surface area contributed by atoms with Gasteiger partial charge in [0.05, 0.1) is 5.25 Å². The van der Waals surface area contributed by atoms with Gasteiger partial charge in [-0.15, -0.1) is 11.8 Å². The zero-order chi connectivity index (χ0) is 9.38. The monoisotopic (exact) mass is 197 g/mol. The van der Waals surface area contributed by atoms with Gasteiger partial charge in [-0.2, -0.15) is 0 Å². The molecule has 1 aliphatic carbocycles. The first-order valence-electron chi connectivity index (χ1n) is 4.68. The topological polar surface area (TPSA) is 0 Å². The molecular formula is C13H9S. The zero-order valence-electron chi connectivity index (χ0n) is 7.60. The van der Waals surface area contributed by atoms with Crippen molar-refractivity contribution in [3.8, 4) is 0 Å². The Kier molecular flexibility index (Phi) is 1.84. The molecule has 0 bridgehead atoms. The van der Waals surface area contributed by atoms with Crippen LogP contribution in [0, 0.1) is 6.08 Å². The van der Waals surface area contributed by atoms with Crippen LogP contribution >= 0.6 is 11.8 Å². The van der Waals surface area contributed by atoms with Gasteiger partial charge in [-0.1, -0.05) is 42.5 Å². The molecule has 3 rings (SSSR count). The van der Waals surface area contributed by atoms with E-state index in [1.165, 1.54) is 16.0 Å². The molecule has 0 fully saturated rings. The summed E-state index contributed by atoms with van der Waals surface area (Å²) < 4.78 is 0. The van der Waals surface area contributed by atoms with Crippen LogP contribution in [-0.2, 0) is 0 Å². The predicted molar refractivity (Wildman–Crippen MR) is 61.0 cm³/mol. The van der Waals surface area contributed by atoms with Gasteiger partial charge in [0.15, 0.2) is 0 Å². The number of hydrogen-bond acceptors (Lipinski definition) is 1. The minimum Gasteiger partial charge on any atom is -0.113 e. The second-order valence-electron chi connectivity index (χ2n) is 3.34. The number of fused-ring (bicyclic) bond motifs is 3. The maximum absolute atomic E-state index is 3.35. The molecule has 0 N–H and O–H groups in total. The Morgan fingerprint density at radius 1 is 1.14 bits per heavy atom. The van der Waals surface area contributed by atoms with Crippen molar-refractivity contribution in [3.05, 3.63) is 60.2 Å². The smallest absolute Gasteiger partial charge is 0.0540 e. The van der Waals surface area contributed by atoms with Gasteiger partial charge in [0.25, 0.3) is 0 Å². The SMILES string of the molecule is [C]1=C2c3ccccc3SC2C=CC=C1. The zero-order valence-corrected chi connectivity index (χ0v) is 8.42. The summed E-state index contributed by atoms with van der Waals surface area (Å²) in [5.74, 6) is 0. The standard InChI is InChI=1S/C13H9S/c1-2-6-10-11-7-4-5-9-13(11)14-12(10)8-3-1/h1-5,7-9,12H. The molecule has 1 radical (unpaired) electrons. The molecule has 1 heteroatoms. The van der Waals surface area contributed by atoms with Gasteiger partial charge >= 0.3 is 0 Å². The van der Waals surface area contributed by atoms with Crippen molar-refractivity contribution >= 4 is 17.3 Å². The molecule has 2 aliphatic rings. The van der Waals surface area contributed by atoms with Crippen LogP contribution in [0.2, 0.25) is 0 Å². The lowest BCUT2D eigenvalue weighted by atomic mass is 10.0. The lowest BCUT2D eigenvalue weighted by Crippen LogP contribution is -1.93. The quantitative estimate of drug-likeness (QED) is 0.613. The molecule has 1 aromatic rings. The average molecular weight is 197 g/mol. The van der Waals surface area contributed by atoms with E-state index in [0.29, 0.717) is 5.25 Å². The van der Waals surface area contributed by atoms with Crippen molar-refractivity contribution in [2.24, 2.45) is 0 Å². The molecule has 0 saturated heterocycles. The normalized spacial score (nSPS) is 22.6. The maximum Gasteiger partial charge on any atom is 0.0540 e. The highest BCUT2D eigenvalue weighted by molar-refractivity contribution is 8.01. The largest absolute Gasteiger partial charge is 0.113 e. The average Bonchev–Trinajstić information content (AvgIpc) is 2.42. The third-order valence-electron chi connectivity index (χ3n) is 2.45. The molecule has 0 spiro atoms. The Labute approximate surface area is 88.0 Å². The summed E-state index contributed by atoms with van der Waals surface area (Å²) >= 11 is 1.91. The third kappa shape index (κ3) is 1.17. The van der Waals surface area contributed by atoms with Crippen LogP contribution in [0.5, 0.6) is 0 Å². The fourth-order valence-corrected chi connectivity index (χ4v) is 3.01. The van der Waals surface area contributed by atoms with E-state index in [1.807, 2.05) is 23.9 Å². The summed E-state index contributed by atoms with van der Waals surface area (Å²) in [7, 11) is 0. The first-order valence-corrected chi connectivity index (χ1v) is 5.56. The molecule has 0 amide bonds. The Hall–Kier alpha value is -1.21.